The number of hydrogen-bond donors (Lipinski definition) is 0. The molecule has 0 N–H and O–H groups in total. The zero-order chi connectivity index (χ0) is 13.6. The first kappa shape index (κ1) is 12.2. The van der Waals surface area contributed by atoms with E-state index in [2.05, 4.69) is 44.2 Å². The van der Waals surface area contributed by atoms with Crippen LogP contribution in [0.4, 0.5) is 0 Å². The van der Waals surface area contributed by atoms with Crippen molar-refractivity contribution in [3.63, 3.8) is 0 Å². The van der Waals surface area contributed by atoms with E-state index in [4.69, 9.17) is 0 Å². The summed E-state index contributed by atoms with van der Waals surface area (Å²) in [5, 5.41) is 0. The summed E-state index contributed by atoms with van der Waals surface area (Å²) in [6.45, 7) is 6.28. The quantitative estimate of drug-likeness (QED) is 0.735. The van der Waals surface area contributed by atoms with Crippen LogP contribution in [0.3, 0.4) is 0 Å². The molecule has 0 heterocycles. The Balaban J connectivity index is 2.06. The van der Waals surface area contributed by atoms with Gasteiger partial charge in [-0.1, -0.05) is 43.3 Å². The topological polar surface area (TPSA) is 17.1 Å². The minimum Gasteiger partial charge on any atom is -0.294 e. The van der Waals surface area contributed by atoms with Gasteiger partial charge in [0.05, 0.1) is 0 Å². The van der Waals surface area contributed by atoms with Crippen LogP contribution in [0.2, 0.25) is 0 Å². The number of fused-ring (bicyclic) bond motifs is 1. The second-order valence-corrected chi connectivity index (χ2v) is 5.64. The molecule has 1 heteroatoms. The second kappa shape index (κ2) is 4.34. The molecule has 0 fully saturated rings. The van der Waals surface area contributed by atoms with E-state index in [0.717, 1.165) is 12.0 Å². The summed E-state index contributed by atoms with van der Waals surface area (Å²) in [7, 11) is 0. The molecular formula is C18H18O. The molecule has 0 saturated carbocycles. The number of benzene rings is 2. The van der Waals surface area contributed by atoms with Crippen LogP contribution in [0.5, 0.6) is 0 Å². The second-order valence-electron chi connectivity index (χ2n) is 5.64. The number of hydrogen-bond acceptors (Lipinski definition) is 1. The molecule has 19 heavy (non-hydrogen) atoms. The summed E-state index contributed by atoms with van der Waals surface area (Å²) in [5.74, 6) is 0.437. The number of Topliss-reactive ketones (excluding diaryl/α,β-unsaturated/α-hetero) is 1. The molecule has 0 aromatic heterocycles. The van der Waals surface area contributed by atoms with E-state index in [1.807, 2.05) is 13.0 Å². The van der Waals surface area contributed by atoms with E-state index in [1.165, 1.54) is 27.8 Å². The van der Waals surface area contributed by atoms with E-state index >= 15 is 0 Å². The first-order valence-electron chi connectivity index (χ1n) is 6.81. The Morgan fingerprint density at radius 1 is 0.947 bits per heavy atom. The lowest BCUT2D eigenvalue weighted by atomic mass is 9.97. The van der Waals surface area contributed by atoms with Crippen molar-refractivity contribution in [2.75, 3.05) is 0 Å². The average Bonchev–Trinajstić information content (AvgIpc) is 2.68. The van der Waals surface area contributed by atoms with Crippen LogP contribution in [0.15, 0.2) is 36.4 Å². The molecule has 96 valence electrons. The lowest BCUT2D eigenvalue weighted by molar-refractivity contribution is 0.0946. The number of ketones is 1. The molecule has 3 rings (SSSR count). The van der Waals surface area contributed by atoms with Crippen LogP contribution in [0.25, 0.3) is 11.1 Å². The summed E-state index contributed by atoms with van der Waals surface area (Å²) >= 11 is 0. The van der Waals surface area contributed by atoms with Gasteiger partial charge in [0.1, 0.15) is 0 Å². The van der Waals surface area contributed by atoms with Gasteiger partial charge < -0.3 is 0 Å². The molecule has 1 atom stereocenters. The maximum Gasteiger partial charge on any atom is 0.166 e. The van der Waals surface area contributed by atoms with E-state index in [1.54, 1.807) is 0 Å². The fraction of sp³-hybridized carbons (Fsp3) is 0.278. The van der Waals surface area contributed by atoms with Crippen LogP contribution in [0, 0.1) is 19.8 Å². The third kappa shape index (κ3) is 1.99. The Hall–Kier alpha value is -1.89. The highest BCUT2D eigenvalue weighted by Gasteiger charge is 2.26. The first-order valence-corrected chi connectivity index (χ1v) is 6.81. The molecule has 2 aromatic rings. The van der Waals surface area contributed by atoms with Gasteiger partial charge in [0.15, 0.2) is 5.78 Å². The molecule has 1 aliphatic carbocycles. The number of carbonyl (C=O) groups excluding carboxylic acids is 1. The molecule has 0 aliphatic heterocycles. The number of carbonyl (C=O) groups is 1. The van der Waals surface area contributed by atoms with Crippen LogP contribution in [-0.2, 0) is 6.42 Å². The monoisotopic (exact) mass is 250 g/mol. The zero-order valence-electron chi connectivity index (χ0n) is 11.7. The smallest absolute Gasteiger partial charge is 0.166 e. The summed E-state index contributed by atoms with van der Waals surface area (Å²) in [6.07, 6.45) is 0.882. The number of rotatable bonds is 1. The van der Waals surface area contributed by atoms with Crippen molar-refractivity contribution in [3.8, 4) is 11.1 Å². The Bertz CT molecular complexity index is 667. The van der Waals surface area contributed by atoms with Gasteiger partial charge in [-0.15, -0.1) is 0 Å². The van der Waals surface area contributed by atoms with Crippen molar-refractivity contribution < 1.29 is 4.79 Å². The molecule has 1 aliphatic rings. The van der Waals surface area contributed by atoms with Gasteiger partial charge in [0.25, 0.3) is 0 Å². The van der Waals surface area contributed by atoms with Gasteiger partial charge in [0.2, 0.25) is 0 Å². The molecule has 2 aromatic carbocycles. The maximum absolute atomic E-state index is 11.9. The van der Waals surface area contributed by atoms with Gasteiger partial charge in [-0.3, -0.25) is 4.79 Å². The molecule has 0 radical (unpaired) electrons. The minimum atomic E-state index is 0.144. The van der Waals surface area contributed by atoms with E-state index in [0.29, 0.717) is 5.78 Å². The normalized spacial score (nSPS) is 17.6. The molecule has 1 unspecified atom stereocenters. The van der Waals surface area contributed by atoms with Crippen molar-refractivity contribution in [2.24, 2.45) is 5.92 Å². The third-order valence-electron chi connectivity index (χ3n) is 4.18. The van der Waals surface area contributed by atoms with Crippen molar-refractivity contribution in [1.82, 2.24) is 0 Å². The van der Waals surface area contributed by atoms with Crippen LogP contribution in [-0.4, -0.2) is 5.78 Å². The van der Waals surface area contributed by atoms with Gasteiger partial charge in [-0.05, 0) is 48.1 Å². The minimum absolute atomic E-state index is 0.144. The zero-order valence-corrected chi connectivity index (χ0v) is 11.7. The Morgan fingerprint density at radius 3 is 2.37 bits per heavy atom. The molecule has 1 nitrogen and oxygen atoms in total. The fourth-order valence-corrected chi connectivity index (χ4v) is 2.79. The largest absolute Gasteiger partial charge is 0.294 e. The Kier molecular flexibility index (Phi) is 2.78. The van der Waals surface area contributed by atoms with E-state index < -0.39 is 0 Å². The molecular weight excluding hydrogens is 232 g/mol. The highest BCUT2D eigenvalue weighted by atomic mass is 16.1. The molecule has 0 bridgehead atoms. The fourth-order valence-electron chi connectivity index (χ4n) is 2.79. The lowest BCUT2D eigenvalue weighted by Crippen LogP contribution is -2.02. The van der Waals surface area contributed by atoms with E-state index in [-0.39, 0.29) is 5.92 Å². The molecule has 0 saturated heterocycles. The van der Waals surface area contributed by atoms with Gasteiger partial charge in [-0.2, -0.15) is 0 Å². The standard InChI is InChI=1S/C18H18O/c1-11-4-5-14(8-12(11)2)15-6-7-17-16(10-15)9-13(3)18(17)19/h4-8,10,13H,9H2,1-3H3. The highest BCUT2D eigenvalue weighted by molar-refractivity contribution is 6.02. The lowest BCUT2D eigenvalue weighted by Gasteiger charge is -2.07. The average molecular weight is 250 g/mol. The van der Waals surface area contributed by atoms with Crippen molar-refractivity contribution >= 4 is 5.78 Å². The highest BCUT2D eigenvalue weighted by Crippen LogP contribution is 2.31. The van der Waals surface area contributed by atoms with Gasteiger partial charge in [0, 0.05) is 11.5 Å². The molecule has 0 amide bonds. The maximum atomic E-state index is 11.9. The van der Waals surface area contributed by atoms with Gasteiger partial charge >= 0.3 is 0 Å². The van der Waals surface area contributed by atoms with E-state index in [9.17, 15) is 4.79 Å². The predicted octanol–water partition coefficient (Wildman–Crippen LogP) is 4.35. The number of aryl methyl sites for hydroxylation is 2. The molecule has 0 spiro atoms. The first-order chi connectivity index (χ1) is 9.06. The van der Waals surface area contributed by atoms with Crippen LogP contribution in [0.1, 0.15) is 34.0 Å². The van der Waals surface area contributed by atoms with Gasteiger partial charge in [-0.25, -0.2) is 0 Å². The van der Waals surface area contributed by atoms with Crippen LogP contribution >= 0.6 is 0 Å². The summed E-state index contributed by atoms with van der Waals surface area (Å²) < 4.78 is 0. The van der Waals surface area contributed by atoms with Crippen molar-refractivity contribution in [2.45, 2.75) is 27.2 Å². The SMILES string of the molecule is Cc1ccc(-c2ccc3c(c2)CC(C)C3=O)cc1C. The Labute approximate surface area is 114 Å². The third-order valence-corrected chi connectivity index (χ3v) is 4.18. The summed E-state index contributed by atoms with van der Waals surface area (Å²) in [5.41, 5.74) is 7.19. The summed E-state index contributed by atoms with van der Waals surface area (Å²) in [6, 6.07) is 12.8. The van der Waals surface area contributed by atoms with Crippen LogP contribution < -0.4 is 0 Å². The van der Waals surface area contributed by atoms with Crippen molar-refractivity contribution in [1.29, 1.82) is 0 Å². The van der Waals surface area contributed by atoms with Crippen molar-refractivity contribution in [3.05, 3.63) is 58.7 Å². The summed E-state index contributed by atoms with van der Waals surface area (Å²) in [4.78, 5) is 11.9. The predicted molar refractivity (Wildman–Crippen MR) is 78.6 cm³/mol. The Morgan fingerprint density at radius 2 is 1.63 bits per heavy atom.